The third kappa shape index (κ3) is 1.69. The molecule has 0 fully saturated rings. The molecular weight excluding hydrogens is 202 g/mol. The van der Waals surface area contributed by atoms with Gasteiger partial charge >= 0.3 is 0 Å². The molecule has 1 amide bonds. The van der Waals surface area contributed by atoms with Crippen molar-refractivity contribution in [1.82, 2.24) is 9.78 Å². The van der Waals surface area contributed by atoms with Crippen LogP contribution in [0.3, 0.4) is 0 Å². The van der Waals surface area contributed by atoms with E-state index in [1.54, 1.807) is 16.8 Å². The molecule has 0 saturated heterocycles. The standard InChI is InChI=1S/C12H13N3O/c1-8-7-11(14-15(8)2)9-5-3-4-6-10(9)12(13)16/h3-7H,1-2H3,(H2,13,16). The lowest BCUT2D eigenvalue weighted by molar-refractivity contribution is 0.100. The van der Waals surface area contributed by atoms with Crippen molar-refractivity contribution in [3.05, 3.63) is 41.6 Å². The van der Waals surface area contributed by atoms with Crippen molar-refractivity contribution in [2.24, 2.45) is 12.8 Å². The first-order chi connectivity index (χ1) is 7.59. The van der Waals surface area contributed by atoms with Gasteiger partial charge in [-0.1, -0.05) is 18.2 Å². The highest BCUT2D eigenvalue weighted by atomic mass is 16.1. The molecule has 0 radical (unpaired) electrons. The van der Waals surface area contributed by atoms with Crippen LogP contribution < -0.4 is 5.73 Å². The number of carbonyl (C=O) groups is 1. The molecule has 4 heteroatoms. The second kappa shape index (κ2) is 3.81. The van der Waals surface area contributed by atoms with Crippen LogP contribution in [0.5, 0.6) is 0 Å². The van der Waals surface area contributed by atoms with Crippen LogP contribution in [0.15, 0.2) is 30.3 Å². The quantitative estimate of drug-likeness (QED) is 0.825. The van der Waals surface area contributed by atoms with E-state index in [0.717, 1.165) is 17.0 Å². The summed E-state index contributed by atoms with van der Waals surface area (Å²) in [5.41, 5.74) is 8.41. The van der Waals surface area contributed by atoms with Crippen LogP contribution >= 0.6 is 0 Å². The van der Waals surface area contributed by atoms with E-state index in [2.05, 4.69) is 5.10 Å². The van der Waals surface area contributed by atoms with Gasteiger partial charge in [0.05, 0.1) is 5.69 Å². The van der Waals surface area contributed by atoms with Crippen LogP contribution in [-0.2, 0) is 7.05 Å². The predicted molar refractivity (Wildman–Crippen MR) is 61.9 cm³/mol. The number of amides is 1. The van der Waals surface area contributed by atoms with Gasteiger partial charge in [-0.05, 0) is 19.1 Å². The monoisotopic (exact) mass is 215 g/mol. The Morgan fingerprint density at radius 3 is 2.62 bits per heavy atom. The molecule has 0 spiro atoms. The second-order valence-corrected chi connectivity index (χ2v) is 3.70. The molecule has 0 aliphatic heterocycles. The number of hydrogen-bond acceptors (Lipinski definition) is 2. The van der Waals surface area contributed by atoms with Gasteiger partial charge in [-0.25, -0.2) is 0 Å². The Bertz CT molecular complexity index is 523. The largest absolute Gasteiger partial charge is 0.366 e. The van der Waals surface area contributed by atoms with Crippen molar-refractivity contribution in [3.8, 4) is 11.3 Å². The molecule has 82 valence electrons. The van der Waals surface area contributed by atoms with Gasteiger partial charge < -0.3 is 5.73 Å². The van der Waals surface area contributed by atoms with Crippen molar-refractivity contribution >= 4 is 5.91 Å². The van der Waals surface area contributed by atoms with Gasteiger partial charge in [-0.2, -0.15) is 5.10 Å². The fourth-order valence-electron chi connectivity index (χ4n) is 1.61. The fourth-order valence-corrected chi connectivity index (χ4v) is 1.61. The summed E-state index contributed by atoms with van der Waals surface area (Å²) in [6.45, 7) is 1.96. The molecular formula is C12H13N3O. The predicted octanol–water partition coefficient (Wildman–Crippen LogP) is 1.49. The molecule has 0 aliphatic rings. The minimum Gasteiger partial charge on any atom is -0.366 e. The number of benzene rings is 1. The molecule has 1 aromatic carbocycles. The zero-order chi connectivity index (χ0) is 11.7. The zero-order valence-corrected chi connectivity index (χ0v) is 9.27. The Hall–Kier alpha value is -2.10. The molecule has 1 aromatic heterocycles. The topological polar surface area (TPSA) is 60.9 Å². The third-order valence-corrected chi connectivity index (χ3v) is 2.58. The lowest BCUT2D eigenvalue weighted by Gasteiger charge is -2.02. The van der Waals surface area contributed by atoms with Crippen molar-refractivity contribution in [2.45, 2.75) is 6.92 Å². The second-order valence-electron chi connectivity index (χ2n) is 3.70. The lowest BCUT2D eigenvalue weighted by atomic mass is 10.0. The maximum absolute atomic E-state index is 11.3. The van der Waals surface area contributed by atoms with Gasteiger partial charge in [0, 0.05) is 23.9 Å². The van der Waals surface area contributed by atoms with Gasteiger partial charge in [0.15, 0.2) is 0 Å². The summed E-state index contributed by atoms with van der Waals surface area (Å²) < 4.78 is 1.77. The highest BCUT2D eigenvalue weighted by molar-refractivity contribution is 5.99. The van der Waals surface area contributed by atoms with Crippen LogP contribution in [0.4, 0.5) is 0 Å². The number of hydrogen-bond donors (Lipinski definition) is 1. The van der Waals surface area contributed by atoms with E-state index < -0.39 is 5.91 Å². The number of carbonyl (C=O) groups excluding carboxylic acids is 1. The number of primary amides is 1. The average molecular weight is 215 g/mol. The number of aromatic nitrogens is 2. The average Bonchev–Trinajstić information content (AvgIpc) is 2.59. The molecule has 2 rings (SSSR count). The highest BCUT2D eigenvalue weighted by Crippen LogP contribution is 2.22. The van der Waals surface area contributed by atoms with Crippen molar-refractivity contribution in [3.63, 3.8) is 0 Å². The van der Waals surface area contributed by atoms with Crippen LogP contribution in [0.25, 0.3) is 11.3 Å². The van der Waals surface area contributed by atoms with E-state index in [0.29, 0.717) is 5.56 Å². The molecule has 2 N–H and O–H groups in total. The zero-order valence-electron chi connectivity index (χ0n) is 9.27. The van der Waals surface area contributed by atoms with E-state index in [4.69, 9.17) is 5.73 Å². The summed E-state index contributed by atoms with van der Waals surface area (Å²) in [6, 6.07) is 9.15. The molecule has 4 nitrogen and oxygen atoms in total. The molecule has 0 atom stereocenters. The summed E-state index contributed by atoms with van der Waals surface area (Å²) >= 11 is 0. The van der Waals surface area contributed by atoms with Gasteiger partial charge in [0.2, 0.25) is 5.91 Å². The molecule has 2 aromatic rings. The van der Waals surface area contributed by atoms with Crippen LogP contribution in [0, 0.1) is 6.92 Å². The first-order valence-corrected chi connectivity index (χ1v) is 4.99. The van der Waals surface area contributed by atoms with Crippen molar-refractivity contribution < 1.29 is 4.79 Å². The van der Waals surface area contributed by atoms with Crippen molar-refractivity contribution in [2.75, 3.05) is 0 Å². The number of nitrogens with zero attached hydrogens (tertiary/aromatic N) is 2. The summed E-state index contributed by atoms with van der Waals surface area (Å²) in [4.78, 5) is 11.3. The minimum absolute atomic E-state index is 0.432. The molecule has 0 unspecified atom stereocenters. The molecule has 0 aliphatic carbocycles. The van der Waals surface area contributed by atoms with Crippen LogP contribution in [0.2, 0.25) is 0 Å². The van der Waals surface area contributed by atoms with Gasteiger partial charge in [-0.15, -0.1) is 0 Å². The molecule has 1 heterocycles. The Morgan fingerprint density at radius 1 is 1.38 bits per heavy atom. The van der Waals surface area contributed by atoms with Crippen molar-refractivity contribution in [1.29, 1.82) is 0 Å². The fraction of sp³-hybridized carbons (Fsp3) is 0.167. The number of nitrogens with two attached hydrogens (primary N) is 1. The molecule has 0 saturated carbocycles. The normalized spacial score (nSPS) is 10.4. The highest BCUT2D eigenvalue weighted by Gasteiger charge is 2.11. The van der Waals surface area contributed by atoms with Gasteiger partial charge in [-0.3, -0.25) is 9.48 Å². The van der Waals surface area contributed by atoms with Crippen LogP contribution in [0.1, 0.15) is 16.1 Å². The maximum atomic E-state index is 11.3. The van der Waals surface area contributed by atoms with E-state index >= 15 is 0 Å². The Morgan fingerprint density at radius 2 is 2.06 bits per heavy atom. The Labute approximate surface area is 93.7 Å². The Kier molecular flexibility index (Phi) is 2.48. The summed E-state index contributed by atoms with van der Waals surface area (Å²) in [6.07, 6.45) is 0. The van der Waals surface area contributed by atoms with E-state index in [9.17, 15) is 4.79 Å². The third-order valence-electron chi connectivity index (χ3n) is 2.58. The summed E-state index contributed by atoms with van der Waals surface area (Å²) in [5.74, 6) is -0.432. The maximum Gasteiger partial charge on any atom is 0.249 e. The number of aryl methyl sites for hydroxylation is 2. The first-order valence-electron chi connectivity index (χ1n) is 4.99. The van der Waals surface area contributed by atoms with Crippen LogP contribution in [-0.4, -0.2) is 15.7 Å². The first kappa shape index (κ1) is 10.4. The van der Waals surface area contributed by atoms with Gasteiger partial charge in [0.1, 0.15) is 0 Å². The van der Waals surface area contributed by atoms with E-state index in [1.807, 2.05) is 32.2 Å². The summed E-state index contributed by atoms with van der Waals surface area (Å²) in [5, 5.41) is 4.33. The number of rotatable bonds is 2. The summed E-state index contributed by atoms with van der Waals surface area (Å²) in [7, 11) is 1.87. The minimum atomic E-state index is -0.432. The smallest absolute Gasteiger partial charge is 0.249 e. The van der Waals surface area contributed by atoms with Gasteiger partial charge in [0.25, 0.3) is 0 Å². The SMILES string of the molecule is Cc1cc(-c2ccccc2C(N)=O)nn1C. The Balaban J connectivity index is 2.59. The molecule has 16 heavy (non-hydrogen) atoms. The van der Waals surface area contributed by atoms with E-state index in [-0.39, 0.29) is 0 Å². The molecule has 0 bridgehead atoms. The van der Waals surface area contributed by atoms with E-state index in [1.165, 1.54) is 0 Å². The lowest BCUT2D eigenvalue weighted by Crippen LogP contribution is -2.12.